The van der Waals surface area contributed by atoms with Crippen LogP contribution in [0.5, 0.6) is 11.5 Å². The molecule has 2 aromatic carbocycles. The SMILES string of the molecule is Cc1cc(C)cc(OCCC(=O)Nc2ccc(OCC(F)(F)F)cc2)c1. The number of carbonyl (C=O) groups is 1. The highest BCUT2D eigenvalue weighted by molar-refractivity contribution is 5.90. The van der Waals surface area contributed by atoms with Crippen molar-refractivity contribution in [3.63, 3.8) is 0 Å². The maximum Gasteiger partial charge on any atom is 0.422 e. The summed E-state index contributed by atoms with van der Waals surface area (Å²) in [6.07, 6.45) is -4.23. The summed E-state index contributed by atoms with van der Waals surface area (Å²) in [6.45, 7) is 2.80. The quantitative estimate of drug-likeness (QED) is 0.775. The predicted molar refractivity (Wildman–Crippen MR) is 92.6 cm³/mol. The summed E-state index contributed by atoms with van der Waals surface area (Å²) in [6, 6.07) is 11.5. The van der Waals surface area contributed by atoms with E-state index >= 15 is 0 Å². The first-order chi connectivity index (χ1) is 12.2. The normalized spacial score (nSPS) is 11.1. The van der Waals surface area contributed by atoms with Crippen molar-refractivity contribution in [2.75, 3.05) is 18.5 Å². The van der Waals surface area contributed by atoms with E-state index in [1.165, 1.54) is 24.3 Å². The Morgan fingerprint density at radius 3 is 2.15 bits per heavy atom. The zero-order valence-corrected chi connectivity index (χ0v) is 14.5. The number of hydrogen-bond donors (Lipinski definition) is 1. The molecule has 0 fully saturated rings. The van der Waals surface area contributed by atoms with E-state index in [-0.39, 0.29) is 24.7 Å². The Morgan fingerprint density at radius 1 is 0.962 bits per heavy atom. The van der Waals surface area contributed by atoms with Gasteiger partial charge in [0.1, 0.15) is 11.5 Å². The minimum atomic E-state index is -4.39. The van der Waals surface area contributed by atoms with E-state index in [1.807, 2.05) is 32.0 Å². The lowest BCUT2D eigenvalue weighted by Gasteiger charge is -2.11. The molecular weight excluding hydrogens is 347 g/mol. The van der Waals surface area contributed by atoms with Gasteiger partial charge in [-0.3, -0.25) is 4.79 Å². The molecule has 0 aliphatic carbocycles. The maximum absolute atomic E-state index is 12.1. The molecule has 0 spiro atoms. The fourth-order valence-electron chi connectivity index (χ4n) is 2.30. The molecule has 0 heterocycles. The van der Waals surface area contributed by atoms with Crippen molar-refractivity contribution in [3.8, 4) is 11.5 Å². The van der Waals surface area contributed by atoms with Gasteiger partial charge in [0.05, 0.1) is 13.0 Å². The highest BCUT2D eigenvalue weighted by Crippen LogP contribution is 2.20. The van der Waals surface area contributed by atoms with E-state index in [0.717, 1.165) is 11.1 Å². The Labute approximate surface area is 149 Å². The number of carbonyl (C=O) groups excluding carboxylic acids is 1. The summed E-state index contributed by atoms with van der Waals surface area (Å²) in [5.74, 6) is 0.540. The number of nitrogens with one attached hydrogen (secondary N) is 1. The average molecular weight is 367 g/mol. The van der Waals surface area contributed by atoms with Crippen molar-refractivity contribution in [2.24, 2.45) is 0 Å². The van der Waals surface area contributed by atoms with E-state index in [9.17, 15) is 18.0 Å². The minimum Gasteiger partial charge on any atom is -0.493 e. The Morgan fingerprint density at radius 2 is 1.58 bits per heavy atom. The zero-order valence-electron chi connectivity index (χ0n) is 14.5. The van der Waals surface area contributed by atoms with E-state index in [0.29, 0.717) is 11.4 Å². The number of ether oxygens (including phenoxy) is 2. The highest BCUT2D eigenvalue weighted by atomic mass is 19.4. The van der Waals surface area contributed by atoms with Crippen molar-refractivity contribution in [1.29, 1.82) is 0 Å². The Bertz CT molecular complexity index is 722. The zero-order chi connectivity index (χ0) is 19.2. The molecule has 1 N–H and O–H groups in total. The summed E-state index contributed by atoms with van der Waals surface area (Å²) < 4.78 is 46.4. The highest BCUT2D eigenvalue weighted by Gasteiger charge is 2.28. The molecule has 0 saturated carbocycles. The second-order valence-corrected chi connectivity index (χ2v) is 5.90. The van der Waals surface area contributed by atoms with Crippen molar-refractivity contribution < 1.29 is 27.4 Å². The molecule has 7 heteroatoms. The molecule has 4 nitrogen and oxygen atoms in total. The number of benzene rings is 2. The average Bonchev–Trinajstić information content (AvgIpc) is 2.52. The second kappa shape index (κ2) is 8.60. The number of alkyl halides is 3. The molecule has 0 aliphatic rings. The van der Waals surface area contributed by atoms with Gasteiger partial charge < -0.3 is 14.8 Å². The molecule has 0 aliphatic heterocycles. The summed E-state index contributed by atoms with van der Waals surface area (Å²) in [5.41, 5.74) is 2.63. The lowest BCUT2D eigenvalue weighted by atomic mass is 10.1. The van der Waals surface area contributed by atoms with Crippen LogP contribution in [0.25, 0.3) is 0 Å². The van der Waals surface area contributed by atoms with Gasteiger partial charge in [-0.15, -0.1) is 0 Å². The van der Waals surface area contributed by atoms with Crippen molar-refractivity contribution in [1.82, 2.24) is 0 Å². The van der Waals surface area contributed by atoms with E-state index in [2.05, 4.69) is 10.1 Å². The fourth-order valence-corrected chi connectivity index (χ4v) is 2.30. The van der Waals surface area contributed by atoms with Gasteiger partial charge in [0.2, 0.25) is 5.91 Å². The molecular formula is C19H20F3NO3. The molecule has 0 aromatic heterocycles. The monoisotopic (exact) mass is 367 g/mol. The number of amides is 1. The Hall–Kier alpha value is -2.70. The van der Waals surface area contributed by atoms with Crippen LogP contribution in [-0.4, -0.2) is 25.3 Å². The molecule has 0 bridgehead atoms. The number of aryl methyl sites for hydroxylation is 2. The topological polar surface area (TPSA) is 47.6 Å². The third-order valence-electron chi connectivity index (χ3n) is 3.33. The summed E-state index contributed by atoms with van der Waals surface area (Å²) in [5, 5.41) is 2.65. The molecule has 0 atom stereocenters. The predicted octanol–water partition coefficient (Wildman–Crippen LogP) is 4.65. The Kier molecular flexibility index (Phi) is 6.49. The molecule has 2 rings (SSSR count). The molecule has 2 aromatic rings. The van der Waals surface area contributed by atoms with Gasteiger partial charge >= 0.3 is 6.18 Å². The van der Waals surface area contributed by atoms with E-state index in [1.54, 1.807) is 0 Å². The number of rotatable bonds is 7. The van der Waals surface area contributed by atoms with Crippen LogP contribution in [0.4, 0.5) is 18.9 Å². The van der Waals surface area contributed by atoms with Crippen molar-refractivity contribution >= 4 is 11.6 Å². The van der Waals surface area contributed by atoms with Gasteiger partial charge in [-0.2, -0.15) is 13.2 Å². The number of anilines is 1. The largest absolute Gasteiger partial charge is 0.493 e. The van der Waals surface area contributed by atoms with E-state index < -0.39 is 12.8 Å². The first-order valence-corrected chi connectivity index (χ1v) is 8.02. The van der Waals surface area contributed by atoms with E-state index in [4.69, 9.17) is 4.74 Å². The summed E-state index contributed by atoms with van der Waals surface area (Å²) in [4.78, 5) is 11.9. The van der Waals surface area contributed by atoms with Crippen LogP contribution in [0.15, 0.2) is 42.5 Å². The van der Waals surface area contributed by atoms with Crippen LogP contribution in [0.3, 0.4) is 0 Å². The second-order valence-electron chi connectivity index (χ2n) is 5.90. The third-order valence-corrected chi connectivity index (χ3v) is 3.33. The molecule has 0 saturated heterocycles. The third kappa shape index (κ3) is 7.04. The van der Waals surface area contributed by atoms with Crippen molar-refractivity contribution in [2.45, 2.75) is 26.4 Å². The van der Waals surface area contributed by atoms with Crippen LogP contribution < -0.4 is 14.8 Å². The summed E-state index contributed by atoms with van der Waals surface area (Å²) >= 11 is 0. The molecule has 0 radical (unpaired) electrons. The van der Waals surface area contributed by atoms with Crippen molar-refractivity contribution in [3.05, 3.63) is 53.6 Å². The van der Waals surface area contributed by atoms with Gasteiger partial charge in [0.15, 0.2) is 6.61 Å². The molecule has 140 valence electrons. The van der Waals surface area contributed by atoms with Gasteiger partial charge in [-0.05, 0) is 61.4 Å². The molecule has 0 unspecified atom stereocenters. The standard InChI is InChI=1S/C19H20F3NO3/c1-13-9-14(2)11-17(10-13)25-8-7-18(24)23-15-3-5-16(6-4-15)26-12-19(20,21)22/h3-6,9-11H,7-8,12H2,1-2H3,(H,23,24). The van der Waals surface area contributed by atoms with Crippen LogP contribution in [-0.2, 0) is 4.79 Å². The van der Waals surface area contributed by atoms with Gasteiger partial charge in [0.25, 0.3) is 0 Å². The Balaban J connectivity index is 1.77. The number of hydrogen-bond acceptors (Lipinski definition) is 3. The molecule has 1 amide bonds. The maximum atomic E-state index is 12.1. The first kappa shape index (κ1) is 19.6. The fraction of sp³-hybridized carbons (Fsp3) is 0.316. The first-order valence-electron chi connectivity index (χ1n) is 8.02. The van der Waals surface area contributed by atoms with Gasteiger partial charge in [-0.1, -0.05) is 6.07 Å². The molecule has 26 heavy (non-hydrogen) atoms. The van der Waals surface area contributed by atoms with Crippen LogP contribution in [0.1, 0.15) is 17.5 Å². The van der Waals surface area contributed by atoms with Crippen LogP contribution in [0.2, 0.25) is 0 Å². The number of halogens is 3. The minimum absolute atomic E-state index is 0.0819. The summed E-state index contributed by atoms with van der Waals surface area (Å²) in [7, 11) is 0. The van der Waals surface area contributed by atoms with Crippen LogP contribution in [0, 0.1) is 13.8 Å². The van der Waals surface area contributed by atoms with Gasteiger partial charge in [0, 0.05) is 5.69 Å². The van der Waals surface area contributed by atoms with Gasteiger partial charge in [-0.25, -0.2) is 0 Å². The lowest BCUT2D eigenvalue weighted by Crippen LogP contribution is -2.19. The van der Waals surface area contributed by atoms with Crippen LogP contribution >= 0.6 is 0 Å². The lowest BCUT2D eigenvalue weighted by molar-refractivity contribution is -0.153. The smallest absolute Gasteiger partial charge is 0.422 e.